The zero-order valence-corrected chi connectivity index (χ0v) is 16.8. The average molecular weight is 457 g/mol. The standard InChI is InChI=1S/C19H18F3N3O5S/c20-19(21,22)12-30-16-4-2-1-3-15(16)24-18(27)13-5-7-14(8-6-13)31(28,29)25-10-9-23-17(26)11-25/h1-8H,9-12H2,(H,23,26)(H,24,27). The third-order valence-electron chi connectivity index (χ3n) is 4.28. The molecule has 1 saturated heterocycles. The van der Waals surface area contributed by atoms with Crippen LogP contribution >= 0.6 is 0 Å². The average Bonchev–Trinajstić information content (AvgIpc) is 2.72. The Morgan fingerprint density at radius 1 is 1.13 bits per heavy atom. The van der Waals surface area contributed by atoms with Crippen LogP contribution in [0.3, 0.4) is 0 Å². The number of halogens is 3. The van der Waals surface area contributed by atoms with Crippen molar-refractivity contribution in [1.29, 1.82) is 0 Å². The van der Waals surface area contributed by atoms with Crippen LogP contribution in [-0.2, 0) is 14.8 Å². The normalized spacial score (nSPS) is 15.3. The second-order valence-corrected chi connectivity index (χ2v) is 8.50. The molecule has 8 nitrogen and oxygen atoms in total. The predicted molar refractivity (Wildman–Crippen MR) is 104 cm³/mol. The van der Waals surface area contributed by atoms with Crippen molar-refractivity contribution in [2.45, 2.75) is 11.1 Å². The molecule has 0 bridgehead atoms. The Balaban J connectivity index is 1.72. The van der Waals surface area contributed by atoms with E-state index in [2.05, 4.69) is 10.6 Å². The number of carbonyl (C=O) groups is 2. The molecule has 1 aliphatic rings. The van der Waals surface area contributed by atoms with Crippen LogP contribution in [0, 0.1) is 0 Å². The number of rotatable bonds is 6. The first-order valence-electron chi connectivity index (χ1n) is 9.03. The first-order valence-corrected chi connectivity index (χ1v) is 10.5. The Hall–Kier alpha value is -3.12. The summed E-state index contributed by atoms with van der Waals surface area (Å²) >= 11 is 0. The number of carbonyl (C=O) groups excluding carboxylic acids is 2. The lowest BCUT2D eigenvalue weighted by atomic mass is 10.2. The molecule has 0 saturated carbocycles. The number of sulfonamides is 1. The number of nitrogens with zero attached hydrogens (tertiary/aromatic N) is 1. The van der Waals surface area contributed by atoms with Crippen LogP contribution in [-0.4, -0.2) is 57.0 Å². The van der Waals surface area contributed by atoms with Crippen LogP contribution in [0.5, 0.6) is 5.75 Å². The summed E-state index contributed by atoms with van der Waals surface area (Å²) in [5, 5.41) is 4.98. The molecule has 2 amide bonds. The van der Waals surface area contributed by atoms with E-state index in [0.29, 0.717) is 0 Å². The van der Waals surface area contributed by atoms with Crippen molar-refractivity contribution in [2.75, 3.05) is 31.6 Å². The number of ether oxygens (including phenoxy) is 1. The molecule has 0 spiro atoms. The number of anilines is 1. The maximum absolute atomic E-state index is 12.6. The van der Waals surface area contributed by atoms with Crippen molar-refractivity contribution >= 4 is 27.5 Å². The zero-order chi connectivity index (χ0) is 22.6. The molecule has 2 aromatic rings. The van der Waals surface area contributed by atoms with E-state index in [0.717, 1.165) is 4.31 Å². The molecule has 31 heavy (non-hydrogen) atoms. The van der Waals surface area contributed by atoms with Gasteiger partial charge < -0.3 is 15.4 Å². The van der Waals surface area contributed by atoms with Gasteiger partial charge in [-0.1, -0.05) is 12.1 Å². The summed E-state index contributed by atoms with van der Waals surface area (Å²) in [6, 6.07) is 10.6. The summed E-state index contributed by atoms with van der Waals surface area (Å²) in [4.78, 5) is 23.8. The fourth-order valence-corrected chi connectivity index (χ4v) is 4.19. The van der Waals surface area contributed by atoms with Crippen molar-refractivity contribution in [2.24, 2.45) is 0 Å². The largest absolute Gasteiger partial charge is 0.482 e. The first-order chi connectivity index (χ1) is 14.6. The fourth-order valence-electron chi connectivity index (χ4n) is 2.80. The molecular formula is C19H18F3N3O5S. The van der Waals surface area contributed by atoms with Gasteiger partial charge in [0.2, 0.25) is 15.9 Å². The Labute approximate surface area is 176 Å². The minimum Gasteiger partial charge on any atom is -0.482 e. The summed E-state index contributed by atoms with van der Waals surface area (Å²) in [5.74, 6) is -1.22. The number of hydrogen-bond acceptors (Lipinski definition) is 5. The lowest BCUT2D eigenvalue weighted by Crippen LogP contribution is -2.49. The molecule has 0 aliphatic carbocycles. The SMILES string of the molecule is O=C1CN(S(=O)(=O)c2ccc(C(=O)Nc3ccccc3OCC(F)(F)F)cc2)CCN1. The molecule has 166 valence electrons. The Morgan fingerprint density at radius 2 is 1.81 bits per heavy atom. The van der Waals surface area contributed by atoms with Gasteiger partial charge in [0, 0.05) is 18.7 Å². The van der Waals surface area contributed by atoms with Crippen LogP contribution in [0.25, 0.3) is 0 Å². The van der Waals surface area contributed by atoms with E-state index >= 15 is 0 Å². The molecule has 0 radical (unpaired) electrons. The summed E-state index contributed by atoms with van der Waals surface area (Å²) in [5.41, 5.74) is 0.119. The fraction of sp³-hybridized carbons (Fsp3) is 0.263. The molecule has 0 unspecified atom stereocenters. The van der Waals surface area contributed by atoms with E-state index < -0.39 is 34.6 Å². The maximum Gasteiger partial charge on any atom is 0.422 e. The Bertz CT molecular complexity index is 1070. The van der Waals surface area contributed by atoms with E-state index in [1.54, 1.807) is 0 Å². The van der Waals surface area contributed by atoms with Gasteiger partial charge in [0.1, 0.15) is 5.75 Å². The van der Waals surface area contributed by atoms with Crippen molar-refractivity contribution < 1.29 is 35.9 Å². The highest BCUT2D eigenvalue weighted by Crippen LogP contribution is 2.27. The van der Waals surface area contributed by atoms with Gasteiger partial charge in [-0.05, 0) is 36.4 Å². The lowest BCUT2D eigenvalue weighted by molar-refractivity contribution is -0.153. The topological polar surface area (TPSA) is 105 Å². The maximum atomic E-state index is 12.6. The van der Waals surface area contributed by atoms with Gasteiger partial charge >= 0.3 is 6.18 Å². The summed E-state index contributed by atoms with van der Waals surface area (Å²) < 4.78 is 68.2. The highest BCUT2D eigenvalue weighted by molar-refractivity contribution is 7.89. The number of alkyl halides is 3. The lowest BCUT2D eigenvalue weighted by Gasteiger charge is -2.25. The zero-order valence-electron chi connectivity index (χ0n) is 16.0. The molecule has 2 aromatic carbocycles. The monoisotopic (exact) mass is 457 g/mol. The number of nitrogens with one attached hydrogen (secondary N) is 2. The predicted octanol–water partition coefficient (Wildman–Crippen LogP) is 2.00. The Kier molecular flexibility index (Phi) is 6.51. The van der Waals surface area contributed by atoms with E-state index in [1.807, 2.05) is 0 Å². The van der Waals surface area contributed by atoms with Crippen molar-refractivity contribution in [3.05, 3.63) is 54.1 Å². The molecule has 1 heterocycles. The molecule has 3 rings (SSSR count). The highest BCUT2D eigenvalue weighted by Gasteiger charge is 2.30. The first kappa shape index (κ1) is 22.6. The van der Waals surface area contributed by atoms with Crippen molar-refractivity contribution in [3.63, 3.8) is 0 Å². The van der Waals surface area contributed by atoms with Gasteiger partial charge in [-0.25, -0.2) is 8.42 Å². The summed E-state index contributed by atoms with van der Waals surface area (Å²) in [6.45, 7) is -1.47. The quantitative estimate of drug-likeness (QED) is 0.691. The van der Waals surface area contributed by atoms with E-state index in [4.69, 9.17) is 4.74 Å². The second kappa shape index (κ2) is 8.94. The van der Waals surface area contributed by atoms with Gasteiger partial charge in [0.15, 0.2) is 6.61 Å². The van der Waals surface area contributed by atoms with Gasteiger partial charge in [-0.2, -0.15) is 17.5 Å². The van der Waals surface area contributed by atoms with Crippen LogP contribution < -0.4 is 15.4 Å². The van der Waals surface area contributed by atoms with Crippen LogP contribution in [0.1, 0.15) is 10.4 Å². The third kappa shape index (κ3) is 5.73. The van der Waals surface area contributed by atoms with Gasteiger partial charge in [0.25, 0.3) is 5.91 Å². The van der Waals surface area contributed by atoms with Gasteiger partial charge in [0.05, 0.1) is 17.1 Å². The number of piperazine rings is 1. The minimum atomic E-state index is -4.53. The number of benzene rings is 2. The third-order valence-corrected chi connectivity index (χ3v) is 6.14. The molecule has 1 aliphatic heterocycles. The number of amides is 2. The van der Waals surface area contributed by atoms with Gasteiger partial charge in [-0.3, -0.25) is 9.59 Å². The Morgan fingerprint density at radius 3 is 2.45 bits per heavy atom. The van der Waals surface area contributed by atoms with Crippen LogP contribution in [0.4, 0.5) is 18.9 Å². The summed E-state index contributed by atoms with van der Waals surface area (Å²) in [6.07, 6.45) is -4.53. The van der Waals surface area contributed by atoms with E-state index in [-0.39, 0.29) is 41.5 Å². The summed E-state index contributed by atoms with van der Waals surface area (Å²) in [7, 11) is -3.91. The van der Waals surface area contributed by atoms with Crippen molar-refractivity contribution in [3.8, 4) is 5.75 Å². The smallest absolute Gasteiger partial charge is 0.422 e. The van der Waals surface area contributed by atoms with Gasteiger partial charge in [-0.15, -0.1) is 0 Å². The highest BCUT2D eigenvalue weighted by atomic mass is 32.2. The van der Waals surface area contributed by atoms with E-state index in [9.17, 15) is 31.2 Å². The molecule has 2 N–H and O–H groups in total. The molecule has 1 fully saturated rings. The number of hydrogen-bond donors (Lipinski definition) is 2. The van der Waals surface area contributed by atoms with Crippen LogP contribution in [0.15, 0.2) is 53.4 Å². The molecular weight excluding hydrogens is 439 g/mol. The minimum absolute atomic E-state index is 0.0350. The molecule has 0 aromatic heterocycles. The molecule has 0 atom stereocenters. The van der Waals surface area contributed by atoms with Crippen LogP contribution in [0.2, 0.25) is 0 Å². The number of para-hydroxylation sites is 2. The van der Waals surface area contributed by atoms with Crippen molar-refractivity contribution in [1.82, 2.24) is 9.62 Å². The second-order valence-electron chi connectivity index (χ2n) is 6.57. The van der Waals surface area contributed by atoms with E-state index in [1.165, 1.54) is 48.5 Å². The molecule has 12 heteroatoms.